The molecule has 0 aliphatic heterocycles. The highest BCUT2D eigenvalue weighted by Crippen LogP contribution is 2.01. The van der Waals surface area contributed by atoms with E-state index in [1.165, 1.54) is 31.4 Å². The van der Waals surface area contributed by atoms with Crippen LogP contribution in [0.5, 0.6) is 0 Å². The summed E-state index contributed by atoms with van der Waals surface area (Å²) in [6.07, 6.45) is 10.2. The Morgan fingerprint density at radius 2 is 2.06 bits per heavy atom. The number of aromatic nitrogens is 2. The second-order valence-corrected chi connectivity index (χ2v) is 4.31. The van der Waals surface area contributed by atoms with E-state index < -0.39 is 0 Å². The maximum absolute atomic E-state index is 4.42. The molecule has 0 saturated carbocycles. The van der Waals surface area contributed by atoms with Crippen LogP contribution in [0.15, 0.2) is 12.5 Å². The van der Waals surface area contributed by atoms with Crippen molar-refractivity contribution in [2.45, 2.75) is 52.5 Å². The van der Waals surface area contributed by atoms with Crippen LogP contribution < -0.4 is 5.32 Å². The van der Waals surface area contributed by atoms with E-state index in [9.17, 15) is 0 Å². The van der Waals surface area contributed by atoms with Crippen molar-refractivity contribution in [1.29, 1.82) is 0 Å². The summed E-state index contributed by atoms with van der Waals surface area (Å²) in [6.45, 7) is 7.69. The molecule has 0 aliphatic rings. The third-order valence-electron chi connectivity index (χ3n) is 2.69. The fraction of sp³-hybridized carbons (Fsp3) is 0.769. The summed E-state index contributed by atoms with van der Waals surface area (Å²) in [6, 6.07) is 0. The zero-order valence-electron chi connectivity index (χ0n) is 10.7. The molecule has 0 aromatic carbocycles. The predicted octanol–water partition coefficient (Wildman–Crippen LogP) is 2.62. The lowest BCUT2D eigenvalue weighted by atomic mass is 10.2. The van der Waals surface area contributed by atoms with Crippen molar-refractivity contribution >= 4 is 0 Å². The molecule has 0 atom stereocenters. The zero-order chi connectivity index (χ0) is 11.6. The van der Waals surface area contributed by atoms with Gasteiger partial charge < -0.3 is 9.88 Å². The lowest BCUT2D eigenvalue weighted by molar-refractivity contribution is 0.601. The number of rotatable bonds is 9. The number of aryl methyl sites for hydroxylation is 1. The third-order valence-corrected chi connectivity index (χ3v) is 2.69. The Morgan fingerprint density at radius 3 is 2.81 bits per heavy atom. The molecule has 0 radical (unpaired) electrons. The lowest BCUT2D eigenvalue weighted by Gasteiger charge is -2.01. The number of imidazole rings is 1. The van der Waals surface area contributed by atoms with Crippen molar-refractivity contribution in [3.63, 3.8) is 0 Å². The third kappa shape index (κ3) is 5.31. The monoisotopic (exact) mass is 223 g/mol. The Morgan fingerprint density at radius 1 is 1.19 bits per heavy atom. The van der Waals surface area contributed by atoms with Crippen molar-refractivity contribution in [2.75, 3.05) is 13.1 Å². The minimum Gasteiger partial charge on any atom is -0.337 e. The molecule has 92 valence electrons. The summed E-state index contributed by atoms with van der Waals surface area (Å²) in [5.74, 6) is 0. The van der Waals surface area contributed by atoms with Gasteiger partial charge in [0.25, 0.3) is 0 Å². The Labute approximate surface area is 99.3 Å². The summed E-state index contributed by atoms with van der Waals surface area (Å²) >= 11 is 0. The predicted molar refractivity (Wildman–Crippen MR) is 68.6 cm³/mol. The molecule has 1 rings (SSSR count). The van der Waals surface area contributed by atoms with E-state index in [2.05, 4.69) is 34.9 Å². The largest absolute Gasteiger partial charge is 0.337 e. The highest BCUT2D eigenvalue weighted by molar-refractivity contribution is 4.97. The zero-order valence-corrected chi connectivity index (χ0v) is 10.7. The fourth-order valence-electron chi connectivity index (χ4n) is 1.72. The molecule has 0 fully saturated rings. The van der Waals surface area contributed by atoms with Crippen LogP contribution >= 0.6 is 0 Å². The average molecular weight is 223 g/mol. The van der Waals surface area contributed by atoms with Crippen molar-refractivity contribution in [2.24, 2.45) is 0 Å². The topological polar surface area (TPSA) is 29.9 Å². The summed E-state index contributed by atoms with van der Waals surface area (Å²) in [4.78, 5) is 4.42. The smallest absolute Gasteiger partial charge is 0.0949 e. The highest BCUT2D eigenvalue weighted by atomic mass is 15.0. The molecule has 1 heterocycles. The van der Waals surface area contributed by atoms with Gasteiger partial charge in [-0.05, 0) is 19.4 Å². The van der Waals surface area contributed by atoms with Gasteiger partial charge in [0, 0.05) is 25.7 Å². The Bertz CT molecular complexity index is 268. The number of hydrogen-bond donors (Lipinski definition) is 1. The normalized spacial score (nSPS) is 10.9. The first-order chi connectivity index (χ1) is 7.86. The van der Waals surface area contributed by atoms with Gasteiger partial charge in [-0.15, -0.1) is 0 Å². The molecule has 1 N–H and O–H groups in total. The molecular weight excluding hydrogens is 198 g/mol. The molecule has 0 spiro atoms. The van der Waals surface area contributed by atoms with E-state index in [1.54, 1.807) is 0 Å². The average Bonchev–Trinajstić information content (AvgIpc) is 2.73. The number of hydrogen-bond acceptors (Lipinski definition) is 2. The molecule has 0 saturated heterocycles. The molecule has 0 aliphatic carbocycles. The standard InChI is InChI=1S/C13H25N3/c1-3-5-6-10-16-11-13(15-12-16)7-9-14-8-4-2/h11-12,14H,3-10H2,1-2H3. The van der Waals surface area contributed by atoms with Gasteiger partial charge in [-0.3, -0.25) is 0 Å². The first-order valence-electron chi connectivity index (χ1n) is 6.58. The van der Waals surface area contributed by atoms with E-state index >= 15 is 0 Å². The molecule has 3 heteroatoms. The van der Waals surface area contributed by atoms with Crippen LogP contribution in [0.25, 0.3) is 0 Å². The molecule has 0 unspecified atom stereocenters. The van der Waals surface area contributed by atoms with Crippen LogP contribution in [0.4, 0.5) is 0 Å². The summed E-state index contributed by atoms with van der Waals surface area (Å²) in [7, 11) is 0. The van der Waals surface area contributed by atoms with Crippen LogP contribution in [0.2, 0.25) is 0 Å². The summed E-state index contributed by atoms with van der Waals surface area (Å²) in [5.41, 5.74) is 1.21. The maximum Gasteiger partial charge on any atom is 0.0949 e. The fourth-order valence-corrected chi connectivity index (χ4v) is 1.72. The van der Waals surface area contributed by atoms with Gasteiger partial charge in [-0.25, -0.2) is 4.98 Å². The second kappa shape index (κ2) is 8.34. The van der Waals surface area contributed by atoms with Crippen molar-refractivity contribution in [3.8, 4) is 0 Å². The van der Waals surface area contributed by atoms with Crippen LogP contribution in [-0.4, -0.2) is 22.6 Å². The van der Waals surface area contributed by atoms with Gasteiger partial charge in [0.15, 0.2) is 0 Å². The van der Waals surface area contributed by atoms with Gasteiger partial charge in [0.05, 0.1) is 12.0 Å². The summed E-state index contributed by atoms with van der Waals surface area (Å²) in [5, 5.41) is 3.40. The molecule has 0 bridgehead atoms. The van der Waals surface area contributed by atoms with E-state index in [-0.39, 0.29) is 0 Å². The number of nitrogens with zero attached hydrogens (tertiary/aromatic N) is 2. The van der Waals surface area contributed by atoms with Crippen LogP contribution in [0, 0.1) is 0 Å². The van der Waals surface area contributed by atoms with Crippen molar-refractivity contribution in [3.05, 3.63) is 18.2 Å². The first kappa shape index (κ1) is 13.2. The Kier molecular flexibility index (Phi) is 6.90. The van der Waals surface area contributed by atoms with E-state index in [0.29, 0.717) is 0 Å². The van der Waals surface area contributed by atoms with Gasteiger partial charge in [0.1, 0.15) is 0 Å². The van der Waals surface area contributed by atoms with Crippen LogP contribution in [0.1, 0.15) is 45.2 Å². The second-order valence-electron chi connectivity index (χ2n) is 4.31. The maximum atomic E-state index is 4.42. The van der Waals surface area contributed by atoms with Crippen molar-refractivity contribution in [1.82, 2.24) is 14.9 Å². The quantitative estimate of drug-likeness (QED) is 0.652. The highest BCUT2D eigenvalue weighted by Gasteiger charge is 1.98. The van der Waals surface area contributed by atoms with Crippen molar-refractivity contribution < 1.29 is 0 Å². The van der Waals surface area contributed by atoms with E-state index in [1.807, 2.05) is 6.33 Å². The van der Waals surface area contributed by atoms with Gasteiger partial charge in [-0.2, -0.15) is 0 Å². The SMILES string of the molecule is CCCCCn1cnc(CCNCCC)c1. The minimum absolute atomic E-state index is 1.04. The minimum atomic E-state index is 1.04. The molecule has 16 heavy (non-hydrogen) atoms. The van der Waals surface area contributed by atoms with E-state index in [0.717, 1.165) is 26.1 Å². The van der Waals surface area contributed by atoms with Crippen LogP contribution in [0.3, 0.4) is 0 Å². The van der Waals surface area contributed by atoms with Gasteiger partial charge in [-0.1, -0.05) is 26.7 Å². The molecule has 0 amide bonds. The lowest BCUT2D eigenvalue weighted by Crippen LogP contribution is -2.17. The van der Waals surface area contributed by atoms with Gasteiger partial charge >= 0.3 is 0 Å². The molecule has 3 nitrogen and oxygen atoms in total. The molecule has 1 aromatic heterocycles. The first-order valence-corrected chi connectivity index (χ1v) is 6.58. The Balaban J connectivity index is 2.17. The number of unbranched alkanes of at least 4 members (excludes halogenated alkanes) is 2. The Hall–Kier alpha value is -0.830. The van der Waals surface area contributed by atoms with Crippen LogP contribution in [-0.2, 0) is 13.0 Å². The summed E-state index contributed by atoms with van der Waals surface area (Å²) < 4.78 is 2.21. The number of nitrogens with one attached hydrogen (secondary N) is 1. The van der Waals surface area contributed by atoms with Gasteiger partial charge in [0.2, 0.25) is 0 Å². The van der Waals surface area contributed by atoms with E-state index in [4.69, 9.17) is 0 Å². The molecule has 1 aromatic rings. The molecular formula is C13H25N3.